The quantitative estimate of drug-likeness (QED) is 0.177. The number of hydrogen-bond donors (Lipinski definition) is 0. The van der Waals surface area contributed by atoms with Crippen molar-refractivity contribution in [3.8, 4) is 62.5 Å². The van der Waals surface area contributed by atoms with Crippen molar-refractivity contribution in [3.05, 3.63) is 151 Å². The molecule has 4 heteroatoms. The molecule has 0 spiro atoms. The highest BCUT2D eigenvalue weighted by atomic mass is 15.0. The van der Waals surface area contributed by atoms with E-state index in [2.05, 4.69) is 109 Å². The van der Waals surface area contributed by atoms with Gasteiger partial charge in [0, 0.05) is 16.7 Å². The van der Waals surface area contributed by atoms with Crippen molar-refractivity contribution in [1.29, 1.82) is 5.26 Å². The van der Waals surface area contributed by atoms with Crippen molar-refractivity contribution in [2.24, 2.45) is 17.8 Å². The van der Waals surface area contributed by atoms with Crippen LogP contribution in [0, 0.1) is 29.1 Å². The monoisotopic (exact) mass is 670 g/mol. The number of fused-ring (bicyclic) bond motifs is 1. The van der Waals surface area contributed by atoms with Crippen LogP contribution in [-0.4, -0.2) is 15.0 Å². The molecule has 4 fully saturated rings. The van der Waals surface area contributed by atoms with Crippen LogP contribution in [0.1, 0.15) is 49.7 Å². The lowest BCUT2D eigenvalue weighted by Gasteiger charge is -2.57. The van der Waals surface area contributed by atoms with E-state index < -0.39 is 0 Å². The predicted octanol–water partition coefficient (Wildman–Crippen LogP) is 11.7. The maximum atomic E-state index is 9.62. The van der Waals surface area contributed by atoms with Gasteiger partial charge in [0.1, 0.15) is 0 Å². The lowest BCUT2D eigenvalue weighted by atomic mass is 9.48. The van der Waals surface area contributed by atoms with Crippen LogP contribution in [-0.2, 0) is 5.41 Å². The minimum atomic E-state index is 0.374. The molecule has 4 saturated carbocycles. The maximum absolute atomic E-state index is 9.62. The molecular weight excluding hydrogens is 633 g/mol. The van der Waals surface area contributed by atoms with Gasteiger partial charge >= 0.3 is 0 Å². The summed E-state index contributed by atoms with van der Waals surface area (Å²) in [5.74, 6) is 4.68. The van der Waals surface area contributed by atoms with E-state index in [1.54, 1.807) is 0 Å². The van der Waals surface area contributed by atoms with Gasteiger partial charge in [0.15, 0.2) is 17.5 Å². The second-order valence-electron chi connectivity index (χ2n) is 15.4. The molecule has 0 amide bonds. The molecule has 6 aromatic carbocycles. The van der Waals surface area contributed by atoms with Crippen LogP contribution < -0.4 is 0 Å². The highest BCUT2D eigenvalue weighted by molar-refractivity contribution is 5.98. The van der Waals surface area contributed by atoms with Crippen molar-refractivity contribution < 1.29 is 0 Å². The average molecular weight is 671 g/mol. The first kappa shape index (κ1) is 30.9. The van der Waals surface area contributed by atoms with Crippen molar-refractivity contribution in [2.75, 3.05) is 0 Å². The standard InChI is InChI=1S/C48H38N4/c49-30-31-16-17-35-10-7-15-42(44(35)25-31)38-11-6-12-39(26-38)46-50-45(37-8-2-1-3-9-37)51-47(52-46)43-14-5-4-13-41(43)36-18-20-40(21-19-36)48-27-32-22-33(28-48)24-34(23-32)29-48/h1-21,25-26,32-34H,22-24,27-29H2/t32-,33-,34-,48?. The molecule has 0 radical (unpaired) electrons. The lowest BCUT2D eigenvalue weighted by Crippen LogP contribution is -2.48. The van der Waals surface area contributed by atoms with Gasteiger partial charge in [-0.15, -0.1) is 0 Å². The first-order chi connectivity index (χ1) is 25.6. The Morgan fingerprint density at radius 2 is 1.08 bits per heavy atom. The fourth-order valence-electron chi connectivity index (χ4n) is 10.2. The molecular formula is C48H38N4. The Kier molecular flexibility index (Phi) is 7.35. The van der Waals surface area contributed by atoms with Gasteiger partial charge in [-0.1, -0.05) is 121 Å². The summed E-state index contributed by atoms with van der Waals surface area (Å²) in [5.41, 5.74) is 9.80. The molecule has 0 unspecified atom stereocenters. The minimum Gasteiger partial charge on any atom is -0.208 e. The van der Waals surface area contributed by atoms with Crippen LogP contribution in [0.3, 0.4) is 0 Å². The first-order valence-corrected chi connectivity index (χ1v) is 18.7. The predicted molar refractivity (Wildman–Crippen MR) is 209 cm³/mol. The molecule has 0 atom stereocenters. The summed E-state index contributed by atoms with van der Waals surface area (Å²) >= 11 is 0. The summed E-state index contributed by atoms with van der Waals surface area (Å²) < 4.78 is 0. The van der Waals surface area contributed by atoms with Crippen LogP contribution in [0.2, 0.25) is 0 Å². The summed E-state index contributed by atoms with van der Waals surface area (Å²) in [6.07, 6.45) is 8.48. The van der Waals surface area contributed by atoms with Crippen molar-refractivity contribution in [2.45, 2.75) is 43.9 Å². The lowest BCUT2D eigenvalue weighted by molar-refractivity contribution is -0.00518. The number of rotatable bonds is 6. The van der Waals surface area contributed by atoms with Gasteiger partial charge in [-0.3, -0.25) is 0 Å². The van der Waals surface area contributed by atoms with E-state index in [1.807, 2.05) is 36.4 Å². The van der Waals surface area contributed by atoms with Crippen LogP contribution in [0.4, 0.5) is 0 Å². The third kappa shape index (κ3) is 5.40. The number of nitrogens with zero attached hydrogens (tertiary/aromatic N) is 4. The molecule has 52 heavy (non-hydrogen) atoms. The van der Waals surface area contributed by atoms with Gasteiger partial charge in [0.25, 0.3) is 0 Å². The summed E-state index contributed by atoms with van der Waals surface area (Å²) in [6.45, 7) is 0. The number of aromatic nitrogens is 3. The fourth-order valence-corrected chi connectivity index (χ4v) is 10.2. The maximum Gasteiger partial charge on any atom is 0.164 e. The zero-order valence-electron chi connectivity index (χ0n) is 29.0. The van der Waals surface area contributed by atoms with Gasteiger partial charge < -0.3 is 0 Å². The summed E-state index contributed by atoms with van der Waals surface area (Å²) in [4.78, 5) is 15.4. The topological polar surface area (TPSA) is 62.5 Å². The molecule has 1 heterocycles. The van der Waals surface area contributed by atoms with Crippen LogP contribution >= 0.6 is 0 Å². The third-order valence-electron chi connectivity index (χ3n) is 12.1. The van der Waals surface area contributed by atoms with Crippen molar-refractivity contribution in [1.82, 2.24) is 15.0 Å². The fraction of sp³-hybridized carbons (Fsp3) is 0.208. The first-order valence-electron chi connectivity index (χ1n) is 18.7. The molecule has 11 rings (SSSR count). The molecule has 1 aromatic heterocycles. The zero-order chi connectivity index (χ0) is 34.6. The van der Waals surface area contributed by atoms with E-state index in [0.717, 1.165) is 61.9 Å². The van der Waals surface area contributed by atoms with Gasteiger partial charge in [-0.2, -0.15) is 5.26 Å². The summed E-state index contributed by atoms with van der Waals surface area (Å²) in [7, 11) is 0. The third-order valence-corrected chi connectivity index (χ3v) is 12.1. The molecule has 250 valence electrons. The zero-order valence-corrected chi connectivity index (χ0v) is 29.0. The molecule has 4 nitrogen and oxygen atoms in total. The van der Waals surface area contributed by atoms with Crippen LogP contribution in [0.5, 0.6) is 0 Å². The molecule has 0 N–H and O–H groups in total. The van der Waals surface area contributed by atoms with Crippen LogP contribution in [0.15, 0.2) is 140 Å². The number of hydrogen-bond acceptors (Lipinski definition) is 4. The van der Waals surface area contributed by atoms with Gasteiger partial charge in [0.05, 0.1) is 11.6 Å². The highest BCUT2D eigenvalue weighted by Crippen LogP contribution is 2.60. The van der Waals surface area contributed by atoms with E-state index in [9.17, 15) is 5.26 Å². The summed E-state index contributed by atoms with van der Waals surface area (Å²) in [5, 5.41) is 11.8. The molecule has 0 aliphatic heterocycles. The van der Waals surface area contributed by atoms with E-state index in [4.69, 9.17) is 15.0 Å². The second-order valence-corrected chi connectivity index (χ2v) is 15.4. The number of benzene rings is 6. The van der Waals surface area contributed by atoms with E-state index in [-0.39, 0.29) is 0 Å². The van der Waals surface area contributed by atoms with Crippen molar-refractivity contribution in [3.63, 3.8) is 0 Å². The number of nitriles is 1. The molecule has 4 aliphatic carbocycles. The molecule has 7 aromatic rings. The Morgan fingerprint density at radius 3 is 1.81 bits per heavy atom. The largest absolute Gasteiger partial charge is 0.208 e. The van der Waals surface area contributed by atoms with Crippen molar-refractivity contribution >= 4 is 10.8 Å². The average Bonchev–Trinajstić information content (AvgIpc) is 3.20. The molecule has 0 saturated heterocycles. The van der Waals surface area contributed by atoms with E-state index in [1.165, 1.54) is 49.7 Å². The minimum absolute atomic E-state index is 0.374. The normalized spacial score (nSPS) is 21.6. The Hall–Kier alpha value is -5.92. The van der Waals surface area contributed by atoms with Crippen LogP contribution in [0.25, 0.3) is 67.2 Å². The second kappa shape index (κ2) is 12.4. The highest BCUT2D eigenvalue weighted by Gasteiger charge is 2.51. The van der Waals surface area contributed by atoms with Gasteiger partial charge in [-0.25, -0.2) is 15.0 Å². The Bertz CT molecular complexity index is 2480. The Labute approximate surface area is 304 Å². The summed E-state index contributed by atoms with van der Waals surface area (Å²) in [6, 6.07) is 51.0. The van der Waals surface area contributed by atoms with Gasteiger partial charge in [-0.05, 0) is 118 Å². The van der Waals surface area contributed by atoms with Gasteiger partial charge in [0.2, 0.25) is 0 Å². The van der Waals surface area contributed by atoms with E-state index in [0.29, 0.717) is 28.5 Å². The van der Waals surface area contributed by atoms with E-state index >= 15 is 0 Å². The SMILES string of the molecule is N#Cc1ccc2cccc(-c3cccc(-c4nc(-c5ccccc5)nc(-c5ccccc5-c5ccc(C67C[C@H]8C[C@H](C6)C[C@@H](C7)C8)cc5)n4)c3)c2c1. The molecule has 4 bridgehead atoms. The molecule has 4 aliphatic rings. The Balaban J connectivity index is 1.06. The smallest absolute Gasteiger partial charge is 0.164 e. The Morgan fingerprint density at radius 1 is 0.481 bits per heavy atom.